The standard InChI is InChI=1S/C14H25N3/c1-5-12(3)10-17(4)11-14-9-13(15-6-2)7-8-16-14/h7-9,12H,5-6,10-11H2,1-4H3,(H,15,16). The molecule has 96 valence electrons. The Kier molecular flexibility index (Phi) is 5.98. The summed E-state index contributed by atoms with van der Waals surface area (Å²) < 4.78 is 0. The largest absolute Gasteiger partial charge is 0.385 e. The molecule has 0 bridgehead atoms. The maximum Gasteiger partial charge on any atom is 0.0564 e. The molecule has 1 atom stereocenters. The van der Waals surface area contributed by atoms with Crippen molar-refractivity contribution in [2.24, 2.45) is 5.92 Å². The summed E-state index contributed by atoms with van der Waals surface area (Å²) in [6.07, 6.45) is 3.11. The average Bonchev–Trinajstić information content (AvgIpc) is 2.29. The van der Waals surface area contributed by atoms with Gasteiger partial charge in [-0.15, -0.1) is 0 Å². The highest BCUT2D eigenvalue weighted by molar-refractivity contribution is 5.42. The third kappa shape index (κ3) is 5.18. The lowest BCUT2D eigenvalue weighted by Crippen LogP contribution is -2.24. The molecule has 0 saturated heterocycles. The Balaban J connectivity index is 2.52. The lowest BCUT2D eigenvalue weighted by molar-refractivity contribution is 0.272. The predicted molar refractivity (Wildman–Crippen MR) is 74.2 cm³/mol. The molecule has 1 aromatic heterocycles. The molecule has 0 aliphatic rings. The van der Waals surface area contributed by atoms with E-state index in [0.29, 0.717) is 0 Å². The number of aromatic nitrogens is 1. The zero-order chi connectivity index (χ0) is 12.7. The van der Waals surface area contributed by atoms with Crippen molar-refractivity contribution in [3.8, 4) is 0 Å². The first kappa shape index (κ1) is 14.0. The van der Waals surface area contributed by atoms with Gasteiger partial charge in [0.1, 0.15) is 0 Å². The fraction of sp³-hybridized carbons (Fsp3) is 0.643. The van der Waals surface area contributed by atoms with Crippen LogP contribution in [0.3, 0.4) is 0 Å². The van der Waals surface area contributed by atoms with Gasteiger partial charge < -0.3 is 10.2 Å². The summed E-state index contributed by atoms with van der Waals surface area (Å²) in [6, 6.07) is 4.15. The molecule has 1 aromatic rings. The molecule has 0 fully saturated rings. The van der Waals surface area contributed by atoms with E-state index in [2.05, 4.69) is 49.1 Å². The summed E-state index contributed by atoms with van der Waals surface area (Å²) in [6.45, 7) is 9.63. The zero-order valence-corrected chi connectivity index (χ0v) is 11.5. The van der Waals surface area contributed by atoms with E-state index in [-0.39, 0.29) is 0 Å². The SMILES string of the molecule is CCNc1ccnc(CN(C)CC(C)CC)c1. The van der Waals surface area contributed by atoms with Crippen LogP contribution in [-0.4, -0.2) is 30.0 Å². The van der Waals surface area contributed by atoms with Gasteiger partial charge in [-0.3, -0.25) is 4.98 Å². The van der Waals surface area contributed by atoms with Crippen LogP contribution in [0.25, 0.3) is 0 Å². The van der Waals surface area contributed by atoms with E-state index in [1.54, 1.807) is 0 Å². The minimum absolute atomic E-state index is 0.747. The number of hydrogen-bond donors (Lipinski definition) is 1. The van der Waals surface area contributed by atoms with Gasteiger partial charge in [-0.2, -0.15) is 0 Å². The fourth-order valence-corrected chi connectivity index (χ4v) is 1.88. The minimum atomic E-state index is 0.747. The first-order valence-electron chi connectivity index (χ1n) is 6.53. The first-order chi connectivity index (χ1) is 8.15. The van der Waals surface area contributed by atoms with Gasteiger partial charge in [-0.25, -0.2) is 0 Å². The van der Waals surface area contributed by atoms with Crippen LogP contribution in [0.2, 0.25) is 0 Å². The molecular formula is C14H25N3. The molecular weight excluding hydrogens is 210 g/mol. The molecule has 1 N–H and O–H groups in total. The maximum atomic E-state index is 4.41. The molecule has 1 unspecified atom stereocenters. The Morgan fingerprint density at radius 1 is 1.41 bits per heavy atom. The number of anilines is 1. The van der Waals surface area contributed by atoms with Crippen molar-refractivity contribution >= 4 is 5.69 Å². The van der Waals surface area contributed by atoms with Crippen LogP contribution < -0.4 is 5.32 Å². The maximum absolute atomic E-state index is 4.41. The van der Waals surface area contributed by atoms with Crippen molar-refractivity contribution in [1.82, 2.24) is 9.88 Å². The van der Waals surface area contributed by atoms with Crippen LogP contribution in [-0.2, 0) is 6.54 Å². The molecule has 0 amide bonds. The molecule has 1 heterocycles. The van der Waals surface area contributed by atoms with Crippen molar-refractivity contribution in [1.29, 1.82) is 0 Å². The second-order valence-corrected chi connectivity index (χ2v) is 4.78. The Morgan fingerprint density at radius 3 is 2.82 bits per heavy atom. The molecule has 0 radical (unpaired) electrons. The van der Waals surface area contributed by atoms with Gasteiger partial charge in [0.05, 0.1) is 5.69 Å². The van der Waals surface area contributed by atoms with Gasteiger partial charge in [0.25, 0.3) is 0 Å². The van der Waals surface area contributed by atoms with Crippen molar-refractivity contribution in [3.63, 3.8) is 0 Å². The Morgan fingerprint density at radius 2 is 2.18 bits per heavy atom. The lowest BCUT2D eigenvalue weighted by atomic mass is 10.1. The van der Waals surface area contributed by atoms with Crippen LogP contribution >= 0.6 is 0 Å². The summed E-state index contributed by atoms with van der Waals surface area (Å²) in [7, 11) is 2.16. The second-order valence-electron chi connectivity index (χ2n) is 4.78. The number of nitrogens with zero attached hydrogens (tertiary/aromatic N) is 2. The third-order valence-corrected chi connectivity index (χ3v) is 2.95. The zero-order valence-electron chi connectivity index (χ0n) is 11.5. The number of hydrogen-bond acceptors (Lipinski definition) is 3. The van der Waals surface area contributed by atoms with Gasteiger partial charge >= 0.3 is 0 Å². The highest BCUT2D eigenvalue weighted by Crippen LogP contribution is 2.10. The molecule has 17 heavy (non-hydrogen) atoms. The van der Waals surface area contributed by atoms with Crippen molar-refractivity contribution < 1.29 is 0 Å². The molecule has 0 aromatic carbocycles. The number of pyridine rings is 1. The minimum Gasteiger partial charge on any atom is -0.385 e. The molecule has 3 heteroatoms. The summed E-state index contributed by atoms with van der Waals surface area (Å²) in [4.78, 5) is 6.75. The molecule has 0 spiro atoms. The van der Waals surface area contributed by atoms with Crippen LogP contribution in [0.4, 0.5) is 5.69 Å². The van der Waals surface area contributed by atoms with E-state index in [1.807, 2.05) is 12.3 Å². The number of nitrogens with one attached hydrogen (secondary N) is 1. The third-order valence-electron chi connectivity index (χ3n) is 2.95. The lowest BCUT2D eigenvalue weighted by Gasteiger charge is -2.20. The topological polar surface area (TPSA) is 28.2 Å². The summed E-state index contributed by atoms with van der Waals surface area (Å²) in [5.41, 5.74) is 2.30. The van der Waals surface area contributed by atoms with Gasteiger partial charge in [0.15, 0.2) is 0 Å². The second kappa shape index (κ2) is 7.28. The van der Waals surface area contributed by atoms with Gasteiger partial charge in [0, 0.05) is 31.5 Å². The molecule has 3 nitrogen and oxygen atoms in total. The van der Waals surface area contributed by atoms with Crippen LogP contribution in [0.15, 0.2) is 18.3 Å². The van der Waals surface area contributed by atoms with Gasteiger partial charge in [-0.05, 0) is 32.0 Å². The summed E-state index contributed by atoms with van der Waals surface area (Å²) in [5.74, 6) is 0.747. The van der Waals surface area contributed by atoms with E-state index in [9.17, 15) is 0 Å². The van der Waals surface area contributed by atoms with E-state index in [1.165, 1.54) is 6.42 Å². The normalized spacial score (nSPS) is 12.8. The van der Waals surface area contributed by atoms with Crippen LogP contribution in [0, 0.1) is 5.92 Å². The highest BCUT2D eigenvalue weighted by atomic mass is 15.1. The van der Waals surface area contributed by atoms with Gasteiger partial charge in [-0.1, -0.05) is 20.3 Å². The number of rotatable bonds is 7. The van der Waals surface area contributed by atoms with Crippen molar-refractivity contribution in [3.05, 3.63) is 24.0 Å². The van der Waals surface area contributed by atoms with Crippen molar-refractivity contribution in [2.75, 3.05) is 25.5 Å². The quantitative estimate of drug-likeness (QED) is 0.787. The summed E-state index contributed by atoms with van der Waals surface area (Å²) in [5, 5.41) is 3.31. The Bertz CT molecular complexity index is 325. The van der Waals surface area contributed by atoms with Crippen LogP contribution in [0.5, 0.6) is 0 Å². The monoisotopic (exact) mass is 235 g/mol. The fourth-order valence-electron chi connectivity index (χ4n) is 1.88. The van der Waals surface area contributed by atoms with Crippen LogP contribution in [0.1, 0.15) is 32.9 Å². The van der Waals surface area contributed by atoms with Gasteiger partial charge in [0.2, 0.25) is 0 Å². The van der Waals surface area contributed by atoms with E-state index in [4.69, 9.17) is 0 Å². The smallest absolute Gasteiger partial charge is 0.0564 e. The first-order valence-corrected chi connectivity index (χ1v) is 6.53. The van der Waals surface area contributed by atoms with E-state index in [0.717, 1.165) is 36.9 Å². The van der Waals surface area contributed by atoms with E-state index < -0.39 is 0 Å². The van der Waals surface area contributed by atoms with Crippen molar-refractivity contribution in [2.45, 2.75) is 33.7 Å². The highest BCUT2D eigenvalue weighted by Gasteiger charge is 2.06. The van der Waals surface area contributed by atoms with E-state index >= 15 is 0 Å². The summed E-state index contributed by atoms with van der Waals surface area (Å²) >= 11 is 0. The Labute approximate surface area is 105 Å². The average molecular weight is 235 g/mol. The molecule has 0 aliphatic heterocycles. The molecule has 0 aliphatic carbocycles. The Hall–Kier alpha value is -1.09. The molecule has 1 rings (SSSR count). The molecule has 0 saturated carbocycles. The predicted octanol–water partition coefficient (Wildman–Crippen LogP) is 2.99.